The van der Waals surface area contributed by atoms with Crippen LogP contribution in [0.15, 0.2) is 97.3 Å². The molecule has 0 spiro atoms. The lowest BCUT2D eigenvalue weighted by atomic mass is 9.77. The molecule has 0 N–H and O–H groups in total. The number of nitrogens with zero attached hydrogens (tertiary/aromatic N) is 3. The van der Waals surface area contributed by atoms with E-state index in [1.807, 2.05) is 59.3 Å². The highest BCUT2D eigenvalue weighted by Crippen LogP contribution is 2.50. The molecule has 0 aliphatic carbocycles. The molecule has 0 radical (unpaired) electrons. The number of alkyl halides is 1. The van der Waals surface area contributed by atoms with Crippen LogP contribution in [0, 0.1) is 0 Å². The molecule has 3 aromatic carbocycles. The smallest absolute Gasteiger partial charge is 0.309 e. The van der Waals surface area contributed by atoms with E-state index in [1.54, 1.807) is 20.2 Å². The van der Waals surface area contributed by atoms with Crippen molar-refractivity contribution in [2.75, 3.05) is 19.4 Å². The summed E-state index contributed by atoms with van der Waals surface area (Å²) in [6.45, 7) is 4.21. The Bertz CT molecular complexity index is 1160. The largest absolute Gasteiger partial charge is 0.330 e. The quantitative estimate of drug-likeness (QED) is 0.113. The fraction of sp³-hybridized carbons (Fsp3) is 0.286. The van der Waals surface area contributed by atoms with Gasteiger partial charge in [-0.15, -0.1) is 11.6 Å². The molecule has 4 rings (SSSR count). The Balaban J connectivity index is 1.77. The number of hydrogen-bond acceptors (Lipinski definition) is 5. The standard InChI is InChI=1S/C28H31ClN3O3P/c1-3-34-36(33,35-4-2)21-20-26(29)27-30-22-32(31-27)28(23-14-8-5-9-15-23,24-16-10-6-11-17-24)25-18-12-7-13-19-25/h5-19,22,26H,3-4,20-21H2,1-2H3. The van der Waals surface area contributed by atoms with Gasteiger partial charge in [0.25, 0.3) is 0 Å². The van der Waals surface area contributed by atoms with Crippen molar-refractivity contribution in [3.8, 4) is 0 Å². The zero-order valence-corrected chi connectivity index (χ0v) is 22.2. The molecular formula is C28H31ClN3O3P. The van der Waals surface area contributed by atoms with E-state index in [0.717, 1.165) is 16.7 Å². The van der Waals surface area contributed by atoms with Crippen molar-refractivity contribution in [2.45, 2.75) is 31.2 Å². The molecule has 1 heterocycles. The fourth-order valence-corrected chi connectivity index (χ4v) is 6.53. The minimum atomic E-state index is -3.21. The maximum absolute atomic E-state index is 12.9. The van der Waals surface area contributed by atoms with Crippen LogP contribution < -0.4 is 0 Å². The molecule has 0 bridgehead atoms. The molecule has 1 aromatic heterocycles. The van der Waals surface area contributed by atoms with Crippen molar-refractivity contribution in [3.05, 3.63) is 120 Å². The second-order valence-corrected chi connectivity index (χ2v) is 11.0. The zero-order valence-electron chi connectivity index (χ0n) is 20.5. The van der Waals surface area contributed by atoms with Gasteiger partial charge in [-0.1, -0.05) is 91.0 Å². The monoisotopic (exact) mass is 523 g/mol. The highest BCUT2D eigenvalue weighted by Gasteiger charge is 2.40. The van der Waals surface area contributed by atoms with E-state index in [9.17, 15) is 4.57 Å². The molecule has 8 heteroatoms. The average molecular weight is 524 g/mol. The fourth-order valence-electron chi connectivity index (χ4n) is 4.48. The van der Waals surface area contributed by atoms with Crippen molar-refractivity contribution in [1.29, 1.82) is 0 Å². The lowest BCUT2D eigenvalue weighted by Crippen LogP contribution is -2.38. The van der Waals surface area contributed by atoms with E-state index in [2.05, 4.69) is 41.4 Å². The number of hydrogen-bond donors (Lipinski definition) is 0. The Hall–Kier alpha value is -2.76. The SMILES string of the molecule is CCOP(=O)(CCC(Cl)c1ncn(C(c2ccccc2)(c2ccccc2)c2ccccc2)n1)OCC. The van der Waals surface area contributed by atoms with Crippen molar-refractivity contribution in [2.24, 2.45) is 0 Å². The van der Waals surface area contributed by atoms with E-state index in [4.69, 9.17) is 25.7 Å². The van der Waals surface area contributed by atoms with Gasteiger partial charge < -0.3 is 9.05 Å². The number of aromatic nitrogens is 3. The van der Waals surface area contributed by atoms with Gasteiger partial charge in [-0.3, -0.25) is 4.57 Å². The Morgan fingerprint density at radius 2 is 1.28 bits per heavy atom. The third-order valence-corrected chi connectivity index (χ3v) is 8.54. The Morgan fingerprint density at radius 1 is 0.833 bits per heavy atom. The molecule has 0 aliphatic rings. The first-order valence-electron chi connectivity index (χ1n) is 12.1. The summed E-state index contributed by atoms with van der Waals surface area (Å²) in [7, 11) is -3.21. The normalized spacial score (nSPS) is 13.0. The van der Waals surface area contributed by atoms with Crippen LogP contribution in [0.4, 0.5) is 0 Å². The first-order chi connectivity index (χ1) is 17.5. The van der Waals surface area contributed by atoms with E-state index in [-0.39, 0.29) is 6.16 Å². The minimum absolute atomic E-state index is 0.193. The van der Waals surface area contributed by atoms with Gasteiger partial charge in [0, 0.05) is 0 Å². The molecule has 4 aromatic rings. The summed E-state index contributed by atoms with van der Waals surface area (Å²) in [4.78, 5) is 4.60. The van der Waals surface area contributed by atoms with Crippen LogP contribution in [0.25, 0.3) is 0 Å². The predicted molar refractivity (Wildman–Crippen MR) is 144 cm³/mol. The Kier molecular flexibility index (Phi) is 8.76. The molecule has 1 atom stereocenters. The second kappa shape index (κ2) is 12.0. The highest BCUT2D eigenvalue weighted by molar-refractivity contribution is 7.53. The Morgan fingerprint density at radius 3 is 1.69 bits per heavy atom. The summed E-state index contributed by atoms with van der Waals surface area (Å²) in [5.41, 5.74) is 2.36. The van der Waals surface area contributed by atoms with Crippen LogP contribution in [0.5, 0.6) is 0 Å². The zero-order chi connectivity index (χ0) is 25.4. The van der Waals surface area contributed by atoms with Crippen LogP contribution in [-0.4, -0.2) is 34.1 Å². The molecule has 188 valence electrons. The first-order valence-corrected chi connectivity index (χ1v) is 14.3. The van der Waals surface area contributed by atoms with Crippen molar-refractivity contribution >= 4 is 19.2 Å². The van der Waals surface area contributed by atoms with E-state index >= 15 is 0 Å². The topological polar surface area (TPSA) is 66.2 Å². The molecule has 1 unspecified atom stereocenters. The summed E-state index contributed by atoms with van der Waals surface area (Å²) in [5.74, 6) is 0.461. The summed E-state index contributed by atoms with van der Waals surface area (Å²) >= 11 is 6.74. The van der Waals surface area contributed by atoms with Crippen molar-refractivity contribution in [1.82, 2.24) is 14.8 Å². The first kappa shape index (κ1) is 26.3. The van der Waals surface area contributed by atoms with Gasteiger partial charge >= 0.3 is 7.60 Å². The van der Waals surface area contributed by atoms with Crippen molar-refractivity contribution < 1.29 is 13.6 Å². The van der Waals surface area contributed by atoms with Gasteiger partial charge in [-0.2, -0.15) is 5.10 Å². The molecule has 0 fully saturated rings. The molecule has 0 amide bonds. The molecule has 36 heavy (non-hydrogen) atoms. The summed E-state index contributed by atoms with van der Waals surface area (Å²) in [6, 6.07) is 30.7. The second-order valence-electron chi connectivity index (χ2n) is 8.28. The minimum Gasteiger partial charge on any atom is -0.309 e. The molecule has 0 aliphatic heterocycles. The van der Waals surface area contributed by atoms with E-state index in [0.29, 0.717) is 25.5 Å². The number of rotatable bonds is 12. The van der Waals surface area contributed by atoms with Gasteiger partial charge in [-0.05, 0) is 37.0 Å². The highest BCUT2D eigenvalue weighted by atomic mass is 35.5. The van der Waals surface area contributed by atoms with Crippen LogP contribution in [0.3, 0.4) is 0 Å². The van der Waals surface area contributed by atoms with Crippen molar-refractivity contribution in [3.63, 3.8) is 0 Å². The molecular weight excluding hydrogens is 493 g/mol. The maximum atomic E-state index is 12.9. The Labute approximate surface area is 217 Å². The van der Waals surface area contributed by atoms with Gasteiger partial charge in [-0.25, -0.2) is 9.67 Å². The van der Waals surface area contributed by atoms with Crippen LogP contribution in [0.2, 0.25) is 0 Å². The molecule has 0 saturated heterocycles. The number of benzene rings is 3. The molecule has 0 saturated carbocycles. The lowest BCUT2D eigenvalue weighted by Gasteiger charge is -2.35. The lowest BCUT2D eigenvalue weighted by molar-refractivity contribution is 0.219. The molecule has 6 nitrogen and oxygen atoms in total. The maximum Gasteiger partial charge on any atom is 0.330 e. The summed E-state index contributed by atoms with van der Waals surface area (Å²) in [5, 5.41) is 4.35. The third kappa shape index (κ3) is 5.47. The summed E-state index contributed by atoms with van der Waals surface area (Å²) < 4.78 is 25.6. The number of halogens is 1. The van der Waals surface area contributed by atoms with Crippen LogP contribution >= 0.6 is 19.2 Å². The van der Waals surface area contributed by atoms with E-state index in [1.165, 1.54) is 0 Å². The summed E-state index contributed by atoms with van der Waals surface area (Å²) in [6.07, 6.45) is 2.28. The third-order valence-electron chi connectivity index (χ3n) is 6.02. The van der Waals surface area contributed by atoms with Gasteiger partial charge in [0.05, 0.1) is 24.8 Å². The van der Waals surface area contributed by atoms with E-state index < -0.39 is 18.5 Å². The van der Waals surface area contributed by atoms with Gasteiger partial charge in [0.2, 0.25) is 0 Å². The average Bonchev–Trinajstić information content (AvgIpc) is 3.41. The van der Waals surface area contributed by atoms with Gasteiger partial charge in [0.15, 0.2) is 5.82 Å². The van der Waals surface area contributed by atoms with Gasteiger partial charge in [0.1, 0.15) is 11.9 Å². The van der Waals surface area contributed by atoms with Crippen LogP contribution in [-0.2, 0) is 19.2 Å². The predicted octanol–water partition coefficient (Wildman–Crippen LogP) is 7.05. The van der Waals surface area contributed by atoms with Crippen LogP contribution in [0.1, 0.15) is 48.2 Å².